The van der Waals surface area contributed by atoms with Crippen LogP contribution in [0.1, 0.15) is 65.2 Å². The van der Waals surface area contributed by atoms with Crippen LogP contribution in [0.25, 0.3) is 0 Å². The molecule has 1 rings (SSSR count). The number of nitrogens with one attached hydrogen (secondary N) is 2. The third-order valence-electron chi connectivity index (χ3n) is 3.68. The zero-order chi connectivity index (χ0) is 13.2. The fraction of sp³-hybridized carbons (Fsp3) is 0.933. The SMILES string of the molecule is CC(C)CCNC(=O)CCNC1CCCCCC1. The molecule has 2 N–H and O–H groups in total. The van der Waals surface area contributed by atoms with Gasteiger partial charge in [0.1, 0.15) is 0 Å². The average molecular weight is 254 g/mol. The molecule has 0 unspecified atom stereocenters. The van der Waals surface area contributed by atoms with Gasteiger partial charge in [0, 0.05) is 25.6 Å². The summed E-state index contributed by atoms with van der Waals surface area (Å²) in [6.45, 7) is 6.01. The Balaban J connectivity index is 2.00. The summed E-state index contributed by atoms with van der Waals surface area (Å²) in [7, 11) is 0. The van der Waals surface area contributed by atoms with Crippen molar-refractivity contribution in [2.24, 2.45) is 5.92 Å². The first-order valence-electron chi connectivity index (χ1n) is 7.68. The summed E-state index contributed by atoms with van der Waals surface area (Å²) in [5.74, 6) is 0.853. The zero-order valence-corrected chi connectivity index (χ0v) is 12.1. The van der Waals surface area contributed by atoms with Crippen LogP contribution in [-0.2, 0) is 4.79 Å². The summed E-state index contributed by atoms with van der Waals surface area (Å²) in [5.41, 5.74) is 0. The van der Waals surface area contributed by atoms with Crippen LogP contribution in [0.15, 0.2) is 0 Å². The van der Waals surface area contributed by atoms with Gasteiger partial charge in [-0.3, -0.25) is 4.79 Å². The van der Waals surface area contributed by atoms with Crippen LogP contribution in [0, 0.1) is 5.92 Å². The highest BCUT2D eigenvalue weighted by molar-refractivity contribution is 5.75. The van der Waals surface area contributed by atoms with Crippen LogP contribution >= 0.6 is 0 Å². The Kier molecular flexibility index (Phi) is 8.06. The molecule has 0 aromatic rings. The van der Waals surface area contributed by atoms with E-state index in [1.54, 1.807) is 0 Å². The third-order valence-corrected chi connectivity index (χ3v) is 3.68. The quantitative estimate of drug-likeness (QED) is 0.686. The lowest BCUT2D eigenvalue weighted by Crippen LogP contribution is -2.33. The van der Waals surface area contributed by atoms with E-state index in [4.69, 9.17) is 0 Å². The monoisotopic (exact) mass is 254 g/mol. The van der Waals surface area contributed by atoms with Crippen molar-refractivity contribution in [3.63, 3.8) is 0 Å². The maximum Gasteiger partial charge on any atom is 0.221 e. The topological polar surface area (TPSA) is 41.1 Å². The van der Waals surface area contributed by atoms with Crippen molar-refractivity contribution >= 4 is 5.91 Å². The third kappa shape index (κ3) is 7.70. The minimum atomic E-state index is 0.191. The van der Waals surface area contributed by atoms with Crippen molar-refractivity contribution in [2.45, 2.75) is 71.3 Å². The van der Waals surface area contributed by atoms with Crippen LogP contribution in [0.5, 0.6) is 0 Å². The lowest BCUT2D eigenvalue weighted by Gasteiger charge is -2.16. The molecule has 106 valence electrons. The van der Waals surface area contributed by atoms with Crippen molar-refractivity contribution in [3.05, 3.63) is 0 Å². The van der Waals surface area contributed by atoms with E-state index in [0.717, 1.165) is 19.5 Å². The Hall–Kier alpha value is -0.570. The lowest BCUT2D eigenvalue weighted by molar-refractivity contribution is -0.121. The van der Waals surface area contributed by atoms with Crippen molar-refractivity contribution < 1.29 is 4.79 Å². The van der Waals surface area contributed by atoms with Gasteiger partial charge >= 0.3 is 0 Å². The van der Waals surface area contributed by atoms with Gasteiger partial charge < -0.3 is 10.6 Å². The van der Waals surface area contributed by atoms with Gasteiger partial charge in [-0.25, -0.2) is 0 Å². The minimum absolute atomic E-state index is 0.191. The maximum absolute atomic E-state index is 11.6. The highest BCUT2D eigenvalue weighted by atomic mass is 16.1. The number of rotatable bonds is 7. The van der Waals surface area contributed by atoms with Gasteiger partial charge in [0.2, 0.25) is 5.91 Å². The van der Waals surface area contributed by atoms with Crippen LogP contribution in [0.3, 0.4) is 0 Å². The van der Waals surface area contributed by atoms with Crippen molar-refractivity contribution in [1.82, 2.24) is 10.6 Å². The minimum Gasteiger partial charge on any atom is -0.356 e. The fourth-order valence-electron chi connectivity index (χ4n) is 2.46. The number of hydrogen-bond donors (Lipinski definition) is 2. The highest BCUT2D eigenvalue weighted by Gasteiger charge is 2.11. The summed E-state index contributed by atoms with van der Waals surface area (Å²) < 4.78 is 0. The molecule has 3 heteroatoms. The lowest BCUT2D eigenvalue weighted by atomic mass is 10.1. The Morgan fingerprint density at radius 1 is 1.11 bits per heavy atom. The van der Waals surface area contributed by atoms with E-state index < -0.39 is 0 Å². The molecule has 1 aliphatic carbocycles. The van der Waals surface area contributed by atoms with E-state index in [-0.39, 0.29) is 5.91 Å². The summed E-state index contributed by atoms with van der Waals surface area (Å²) >= 11 is 0. The molecule has 0 bridgehead atoms. The average Bonchev–Trinajstić information content (AvgIpc) is 2.57. The standard InChI is InChI=1S/C15H30N2O/c1-13(2)9-11-17-15(18)10-12-16-14-7-5-3-4-6-8-14/h13-14,16H,3-12H2,1-2H3,(H,17,18). The second-order valence-electron chi connectivity index (χ2n) is 5.93. The molecule has 0 saturated heterocycles. The normalized spacial score (nSPS) is 17.7. The molecular weight excluding hydrogens is 224 g/mol. The Bertz CT molecular complexity index is 221. The van der Waals surface area contributed by atoms with Crippen LogP contribution in [-0.4, -0.2) is 25.0 Å². The van der Waals surface area contributed by atoms with Crippen molar-refractivity contribution in [1.29, 1.82) is 0 Å². The predicted molar refractivity (Wildman–Crippen MR) is 76.6 cm³/mol. The molecular formula is C15H30N2O. The highest BCUT2D eigenvalue weighted by Crippen LogP contribution is 2.16. The van der Waals surface area contributed by atoms with Gasteiger partial charge in [-0.05, 0) is 25.2 Å². The summed E-state index contributed by atoms with van der Waals surface area (Å²) in [6.07, 6.45) is 9.72. The van der Waals surface area contributed by atoms with Gasteiger partial charge in [0.05, 0.1) is 0 Å². The molecule has 0 aromatic heterocycles. The van der Waals surface area contributed by atoms with Crippen molar-refractivity contribution in [3.8, 4) is 0 Å². The molecule has 0 aliphatic heterocycles. The Labute approximate surface area is 112 Å². The molecule has 1 amide bonds. The molecule has 18 heavy (non-hydrogen) atoms. The molecule has 0 radical (unpaired) electrons. The van der Waals surface area contributed by atoms with Crippen LogP contribution in [0.4, 0.5) is 0 Å². The van der Waals surface area contributed by atoms with E-state index in [9.17, 15) is 4.79 Å². The number of carbonyl (C=O) groups is 1. The molecule has 3 nitrogen and oxygen atoms in total. The molecule has 1 aliphatic rings. The van der Waals surface area contributed by atoms with Crippen molar-refractivity contribution in [2.75, 3.05) is 13.1 Å². The second-order valence-corrected chi connectivity index (χ2v) is 5.93. The first-order valence-corrected chi connectivity index (χ1v) is 7.68. The molecule has 0 atom stereocenters. The van der Waals surface area contributed by atoms with E-state index in [1.165, 1.54) is 38.5 Å². The number of carbonyl (C=O) groups excluding carboxylic acids is 1. The summed E-state index contributed by atoms with van der Waals surface area (Å²) in [6, 6.07) is 0.649. The Morgan fingerprint density at radius 3 is 2.39 bits per heavy atom. The molecule has 0 spiro atoms. The summed E-state index contributed by atoms with van der Waals surface area (Å²) in [4.78, 5) is 11.6. The maximum atomic E-state index is 11.6. The van der Waals surface area contributed by atoms with Gasteiger partial charge in [0.25, 0.3) is 0 Å². The van der Waals surface area contributed by atoms with E-state index >= 15 is 0 Å². The Morgan fingerprint density at radius 2 is 1.78 bits per heavy atom. The predicted octanol–water partition coefficient (Wildman–Crippen LogP) is 2.85. The molecule has 1 saturated carbocycles. The molecule has 0 aromatic carbocycles. The smallest absolute Gasteiger partial charge is 0.221 e. The van der Waals surface area contributed by atoms with Gasteiger partial charge in [0.15, 0.2) is 0 Å². The van der Waals surface area contributed by atoms with Crippen LogP contribution in [0.2, 0.25) is 0 Å². The zero-order valence-electron chi connectivity index (χ0n) is 12.1. The largest absolute Gasteiger partial charge is 0.356 e. The summed E-state index contributed by atoms with van der Waals surface area (Å²) in [5, 5.41) is 6.52. The number of amides is 1. The molecule has 0 heterocycles. The van der Waals surface area contributed by atoms with E-state index in [1.807, 2.05) is 0 Å². The van der Waals surface area contributed by atoms with Gasteiger partial charge in [-0.15, -0.1) is 0 Å². The molecule has 1 fully saturated rings. The van der Waals surface area contributed by atoms with E-state index in [0.29, 0.717) is 18.4 Å². The van der Waals surface area contributed by atoms with Gasteiger partial charge in [-0.1, -0.05) is 39.5 Å². The second kappa shape index (κ2) is 9.37. The first kappa shape index (κ1) is 15.5. The fourth-order valence-corrected chi connectivity index (χ4v) is 2.46. The van der Waals surface area contributed by atoms with E-state index in [2.05, 4.69) is 24.5 Å². The van der Waals surface area contributed by atoms with Gasteiger partial charge in [-0.2, -0.15) is 0 Å². The first-order chi connectivity index (χ1) is 8.68. The van der Waals surface area contributed by atoms with Crippen LogP contribution < -0.4 is 10.6 Å². The number of hydrogen-bond acceptors (Lipinski definition) is 2.